The molecule has 1 aromatic carbocycles. The zero-order valence-corrected chi connectivity index (χ0v) is 14.9. The predicted molar refractivity (Wildman–Crippen MR) is 98.8 cm³/mol. The summed E-state index contributed by atoms with van der Waals surface area (Å²) < 4.78 is 14.3. The standard InChI is InChI=1S/C18H23FN4O3/c1-3-5-10-23-16(20)15(17(25)21-18(23)26)22(4-2)14(24)11-12-6-8-13(19)9-7-12/h6-9H,3-5,10-11,20H2,1-2H3,(H,21,25,26). The van der Waals surface area contributed by atoms with Crippen molar-refractivity contribution in [1.29, 1.82) is 0 Å². The van der Waals surface area contributed by atoms with Crippen LogP contribution in [-0.2, 0) is 17.8 Å². The molecule has 0 saturated carbocycles. The first-order valence-electron chi connectivity index (χ1n) is 8.56. The van der Waals surface area contributed by atoms with E-state index in [4.69, 9.17) is 5.73 Å². The molecule has 1 amide bonds. The molecule has 0 aliphatic carbocycles. The van der Waals surface area contributed by atoms with Crippen LogP contribution in [0.3, 0.4) is 0 Å². The van der Waals surface area contributed by atoms with E-state index in [1.54, 1.807) is 6.92 Å². The van der Waals surface area contributed by atoms with Crippen LogP contribution >= 0.6 is 0 Å². The molecule has 0 unspecified atom stereocenters. The van der Waals surface area contributed by atoms with Gasteiger partial charge in [-0.1, -0.05) is 25.5 Å². The van der Waals surface area contributed by atoms with Gasteiger partial charge in [0.05, 0.1) is 6.42 Å². The van der Waals surface area contributed by atoms with E-state index in [2.05, 4.69) is 4.98 Å². The van der Waals surface area contributed by atoms with Gasteiger partial charge < -0.3 is 10.6 Å². The lowest BCUT2D eigenvalue weighted by molar-refractivity contribution is -0.117. The highest BCUT2D eigenvalue weighted by molar-refractivity contribution is 5.96. The highest BCUT2D eigenvalue weighted by Gasteiger charge is 2.23. The van der Waals surface area contributed by atoms with Gasteiger partial charge in [-0.05, 0) is 31.0 Å². The first kappa shape index (κ1) is 19.4. The van der Waals surface area contributed by atoms with Crippen molar-refractivity contribution in [2.45, 2.75) is 39.7 Å². The molecule has 2 rings (SSSR count). The number of nitrogen functional groups attached to an aromatic ring is 1. The molecular weight excluding hydrogens is 339 g/mol. The number of H-pyrrole nitrogens is 1. The second-order valence-electron chi connectivity index (χ2n) is 5.94. The number of nitrogens with one attached hydrogen (secondary N) is 1. The zero-order valence-electron chi connectivity index (χ0n) is 14.9. The first-order valence-corrected chi connectivity index (χ1v) is 8.56. The van der Waals surface area contributed by atoms with E-state index in [0.717, 1.165) is 6.42 Å². The van der Waals surface area contributed by atoms with Crippen molar-refractivity contribution < 1.29 is 9.18 Å². The maximum Gasteiger partial charge on any atom is 0.330 e. The van der Waals surface area contributed by atoms with E-state index in [9.17, 15) is 18.8 Å². The van der Waals surface area contributed by atoms with Gasteiger partial charge in [-0.15, -0.1) is 0 Å². The van der Waals surface area contributed by atoms with Crippen molar-refractivity contribution in [3.8, 4) is 0 Å². The Morgan fingerprint density at radius 1 is 1.23 bits per heavy atom. The number of halogens is 1. The van der Waals surface area contributed by atoms with Crippen LogP contribution in [0.1, 0.15) is 32.3 Å². The topological polar surface area (TPSA) is 101 Å². The molecule has 2 aromatic rings. The van der Waals surface area contributed by atoms with Crippen molar-refractivity contribution in [1.82, 2.24) is 9.55 Å². The van der Waals surface area contributed by atoms with Gasteiger partial charge in [0.2, 0.25) is 5.91 Å². The third-order valence-corrected chi connectivity index (χ3v) is 4.11. The average molecular weight is 362 g/mol. The average Bonchev–Trinajstić information content (AvgIpc) is 2.60. The Hall–Kier alpha value is -2.90. The van der Waals surface area contributed by atoms with Gasteiger partial charge in [0.15, 0.2) is 5.69 Å². The fraction of sp³-hybridized carbons (Fsp3) is 0.389. The summed E-state index contributed by atoms with van der Waals surface area (Å²) in [4.78, 5) is 40.5. The lowest BCUT2D eigenvalue weighted by Gasteiger charge is -2.23. The summed E-state index contributed by atoms with van der Waals surface area (Å²) >= 11 is 0. The lowest BCUT2D eigenvalue weighted by atomic mass is 10.1. The normalized spacial score (nSPS) is 10.7. The van der Waals surface area contributed by atoms with Crippen LogP contribution in [-0.4, -0.2) is 22.0 Å². The molecule has 0 saturated heterocycles. The quantitative estimate of drug-likeness (QED) is 0.782. The van der Waals surface area contributed by atoms with Crippen molar-refractivity contribution in [3.63, 3.8) is 0 Å². The smallest absolute Gasteiger partial charge is 0.330 e. The number of unbranched alkanes of at least 4 members (excludes halogenated alkanes) is 1. The summed E-state index contributed by atoms with van der Waals surface area (Å²) in [5.74, 6) is -0.782. The van der Waals surface area contributed by atoms with Crippen molar-refractivity contribution in [2.75, 3.05) is 17.2 Å². The number of hydrogen-bond acceptors (Lipinski definition) is 4. The van der Waals surface area contributed by atoms with Gasteiger partial charge in [0.1, 0.15) is 11.6 Å². The van der Waals surface area contributed by atoms with Crippen LogP contribution in [0.5, 0.6) is 0 Å². The third kappa shape index (κ3) is 4.19. The number of rotatable bonds is 7. The van der Waals surface area contributed by atoms with Crippen molar-refractivity contribution in [2.24, 2.45) is 0 Å². The summed E-state index contributed by atoms with van der Waals surface area (Å²) in [5.41, 5.74) is 5.35. The van der Waals surface area contributed by atoms with Gasteiger partial charge in [0, 0.05) is 13.1 Å². The number of hydrogen-bond donors (Lipinski definition) is 2. The number of nitrogens with two attached hydrogens (primary N) is 1. The summed E-state index contributed by atoms with van der Waals surface area (Å²) in [6, 6.07) is 5.56. The molecule has 0 aliphatic rings. The minimum absolute atomic E-state index is 0.0128. The molecule has 1 aromatic heterocycles. The fourth-order valence-corrected chi connectivity index (χ4v) is 2.71. The number of aromatic nitrogens is 2. The minimum atomic E-state index is -0.699. The highest BCUT2D eigenvalue weighted by atomic mass is 19.1. The van der Waals surface area contributed by atoms with Gasteiger partial charge in [-0.2, -0.15) is 0 Å². The minimum Gasteiger partial charge on any atom is -0.383 e. The first-order chi connectivity index (χ1) is 12.4. The molecular formula is C18H23FN4O3. The maximum absolute atomic E-state index is 13.0. The third-order valence-electron chi connectivity index (χ3n) is 4.11. The van der Waals surface area contributed by atoms with E-state index in [1.165, 1.54) is 33.7 Å². The maximum atomic E-state index is 13.0. The molecule has 0 spiro atoms. The largest absolute Gasteiger partial charge is 0.383 e. The molecule has 26 heavy (non-hydrogen) atoms. The molecule has 140 valence electrons. The number of likely N-dealkylation sites (N-methyl/N-ethyl adjacent to an activating group) is 1. The molecule has 0 atom stereocenters. The van der Waals surface area contributed by atoms with E-state index in [-0.39, 0.29) is 30.4 Å². The Bertz CT molecular complexity index is 887. The summed E-state index contributed by atoms with van der Waals surface area (Å²) in [6.45, 7) is 4.25. The molecule has 3 N–H and O–H groups in total. The van der Waals surface area contributed by atoms with Gasteiger partial charge in [-0.25, -0.2) is 9.18 Å². The van der Waals surface area contributed by atoms with Gasteiger partial charge >= 0.3 is 5.69 Å². The molecule has 8 heteroatoms. The van der Waals surface area contributed by atoms with Crippen LogP contribution in [0.15, 0.2) is 33.9 Å². The fourth-order valence-electron chi connectivity index (χ4n) is 2.71. The lowest BCUT2D eigenvalue weighted by Crippen LogP contribution is -2.41. The van der Waals surface area contributed by atoms with E-state index in [1.807, 2.05) is 6.92 Å². The second-order valence-corrected chi connectivity index (χ2v) is 5.94. The number of carbonyl (C=O) groups is 1. The van der Waals surface area contributed by atoms with Crippen LogP contribution in [0.2, 0.25) is 0 Å². The number of anilines is 2. The van der Waals surface area contributed by atoms with Crippen molar-refractivity contribution >= 4 is 17.4 Å². The van der Waals surface area contributed by atoms with Crippen LogP contribution in [0, 0.1) is 5.82 Å². The number of benzene rings is 1. The van der Waals surface area contributed by atoms with Gasteiger partial charge in [-0.3, -0.25) is 19.1 Å². The Balaban J connectivity index is 2.39. The monoisotopic (exact) mass is 362 g/mol. The number of aromatic amines is 1. The SMILES string of the molecule is CCCCn1c(N)c(N(CC)C(=O)Cc2ccc(F)cc2)c(=O)[nH]c1=O. The molecule has 0 bridgehead atoms. The number of amides is 1. The van der Waals surface area contributed by atoms with E-state index >= 15 is 0 Å². The summed E-state index contributed by atoms with van der Waals surface area (Å²) in [5, 5.41) is 0. The molecule has 0 aliphatic heterocycles. The Kier molecular flexibility index (Phi) is 6.32. The van der Waals surface area contributed by atoms with Crippen molar-refractivity contribution in [3.05, 3.63) is 56.5 Å². The predicted octanol–water partition coefficient (Wildman–Crippen LogP) is 1.65. The molecule has 0 fully saturated rings. The summed E-state index contributed by atoms with van der Waals surface area (Å²) in [7, 11) is 0. The molecule has 0 radical (unpaired) electrons. The number of nitrogens with zero attached hydrogens (tertiary/aromatic N) is 2. The summed E-state index contributed by atoms with van der Waals surface area (Å²) in [6.07, 6.45) is 1.55. The van der Waals surface area contributed by atoms with Crippen LogP contribution in [0.4, 0.5) is 15.9 Å². The Morgan fingerprint density at radius 3 is 2.46 bits per heavy atom. The van der Waals surface area contributed by atoms with Gasteiger partial charge in [0.25, 0.3) is 5.56 Å². The van der Waals surface area contributed by atoms with E-state index < -0.39 is 17.1 Å². The van der Waals surface area contributed by atoms with Crippen LogP contribution < -0.4 is 21.9 Å². The highest BCUT2D eigenvalue weighted by Crippen LogP contribution is 2.18. The van der Waals surface area contributed by atoms with Crippen LogP contribution in [0.25, 0.3) is 0 Å². The Morgan fingerprint density at radius 2 is 1.88 bits per heavy atom. The zero-order chi connectivity index (χ0) is 19.3. The Labute approximate surface area is 150 Å². The van der Waals surface area contributed by atoms with E-state index in [0.29, 0.717) is 18.5 Å². The number of carbonyl (C=O) groups excluding carboxylic acids is 1. The molecule has 7 nitrogen and oxygen atoms in total. The molecule has 1 heterocycles. The second kappa shape index (κ2) is 8.46.